The second-order valence-corrected chi connectivity index (χ2v) is 8.24. The van der Waals surface area contributed by atoms with Gasteiger partial charge < -0.3 is 19.5 Å². The highest BCUT2D eigenvalue weighted by Crippen LogP contribution is 2.38. The first-order chi connectivity index (χ1) is 16.8. The van der Waals surface area contributed by atoms with Crippen molar-refractivity contribution >= 4 is 11.7 Å². The summed E-state index contributed by atoms with van der Waals surface area (Å²) in [6, 6.07) is 22.7. The first-order valence-corrected chi connectivity index (χ1v) is 11.0. The Morgan fingerprint density at radius 1 is 0.971 bits per heavy atom. The molecular formula is C27H22F3N3O2. The van der Waals surface area contributed by atoms with E-state index in [1.165, 1.54) is 12.1 Å². The van der Waals surface area contributed by atoms with Crippen LogP contribution in [0, 0.1) is 0 Å². The van der Waals surface area contributed by atoms with Gasteiger partial charge in [-0.25, -0.2) is 4.79 Å². The van der Waals surface area contributed by atoms with Gasteiger partial charge in [0.2, 0.25) is 0 Å². The third kappa shape index (κ3) is 4.35. The van der Waals surface area contributed by atoms with Crippen LogP contribution < -0.4 is 10.1 Å². The van der Waals surface area contributed by atoms with Gasteiger partial charge >= 0.3 is 12.2 Å². The zero-order valence-corrected chi connectivity index (χ0v) is 18.8. The van der Waals surface area contributed by atoms with E-state index in [9.17, 15) is 18.0 Å². The number of anilines is 1. The molecule has 0 radical (unpaired) electrons. The quantitative estimate of drug-likeness (QED) is 0.360. The van der Waals surface area contributed by atoms with Gasteiger partial charge in [0.1, 0.15) is 5.75 Å². The Balaban J connectivity index is 1.58. The summed E-state index contributed by atoms with van der Waals surface area (Å²) in [6.07, 6.45) is -2.56. The molecule has 0 fully saturated rings. The normalized spacial score (nSPS) is 15.1. The number of amides is 2. The van der Waals surface area contributed by atoms with Gasteiger partial charge in [-0.2, -0.15) is 13.2 Å². The molecule has 0 aliphatic carbocycles. The predicted molar refractivity (Wildman–Crippen MR) is 127 cm³/mol. The molecule has 2 amide bonds. The van der Waals surface area contributed by atoms with Crippen molar-refractivity contribution in [2.24, 2.45) is 0 Å². The molecule has 1 aromatic heterocycles. The standard InChI is InChI=1S/C27H22F3N3O2/c1-35-22-13-11-18(12-14-22)25-24-10-5-15-32(24)23-9-3-2-6-19(23)17-33(25)26(34)31-21-8-4-7-20(16-21)27(28,29)30/h2-16,25H,17H2,1H3,(H,31,34)/t25-/m1/s1. The molecule has 2 heterocycles. The van der Waals surface area contributed by atoms with Crippen LogP contribution in [0.3, 0.4) is 0 Å². The van der Waals surface area contributed by atoms with Gasteiger partial charge in [-0.05, 0) is 59.7 Å². The SMILES string of the molecule is COc1ccc([C@@H]2c3cccn3-c3ccccc3CN2C(=O)Nc2cccc(C(F)(F)F)c2)cc1. The van der Waals surface area contributed by atoms with E-state index in [0.717, 1.165) is 34.6 Å². The number of carbonyl (C=O) groups excluding carboxylic acids is 1. The number of hydrogen-bond acceptors (Lipinski definition) is 2. The molecule has 0 unspecified atom stereocenters. The van der Waals surface area contributed by atoms with Gasteiger partial charge in [-0.1, -0.05) is 36.4 Å². The van der Waals surface area contributed by atoms with Gasteiger partial charge in [0.05, 0.1) is 30.9 Å². The largest absolute Gasteiger partial charge is 0.497 e. The number of alkyl halides is 3. The molecular weight excluding hydrogens is 455 g/mol. The molecule has 1 aliphatic heterocycles. The average Bonchev–Trinajstić information content (AvgIpc) is 3.28. The number of aromatic nitrogens is 1. The highest BCUT2D eigenvalue weighted by molar-refractivity contribution is 5.90. The van der Waals surface area contributed by atoms with Crippen LogP contribution in [0.25, 0.3) is 5.69 Å². The molecule has 0 saturated carbocycles. The zero-order chi connectivity index (χ0) is 24.6. The maximum atomic E-state index is 13.6. The molecule has 178 valence electrons. The number of carbonyl (C=O) groups is 1. The summed E-state index contributed by atoms with van der Waals surface area (Å²) in [5.41, 5.74) is 2.82. The van der Waals surface area contributed by atoms with Crippen molar-refractivity contribution < 1.29 is 22.7 Å². The van der Waals surface area contributed by atoms with Crippen molar-refractivity contribution in [2.75, 3.05) is 12.4 Å². The predicted octanol–water partition coefficient (Wildman–Crippen LogP) is 6.64. The summed E-state index contributed by atoms with van der Waals surface area (Å²) in [7, 11) is 1.58. The Kier molecular flexibility index (Phi) is 5.72. The number of rotatable bonds is 3. The number of hydrogen-bond donors (Lipinski definition) is 1. The van der Waals surface area contributed by atoms with Crippen molar-refractivity contribution in [3.05, 3.63) is 114 Å². The molecule has 5 nitrogen and oxygen atoms in total. The Labute approximate surface area is 200 Å². The van der Waals surface area contributed by atoms with E-state index in [4.69, 9.17) is 4.74 Å². The van der Waals surface area contributed by atoms with Crippen molar-refractivity contribution in [3.8, 4) is 11.4 Å². The number of nitrogens with zero attached hydrogens (tertiary/aromatic N) is 2. The Morgan fingerprint density at radius 2 is 1.74 bits per heavy atom. The van der Waals surface area contributed by atoms with Gasteiger partial charge in [-0.3, -0.25) is 0 Å². The first-order valence-electron chi connectivity index (χ1n) is 11.0. The lowest BCUT2D eigenvalue weighted by Crippen LogP contribution is -2.38. The fraction of sp³-hybridized carbons (Fsp3) is 0.148. The van der Waals surface area contributed by atoms with Crippen LogP contribution >= 0.6 is 0 Å². The van der Waals surface area contributed by atoms with E-state index in [1.807, 2.05) is 71.4 Å². The average molecular weight is 477 g/mol. The lowest BCUT2D eigenvalue weighted by atomic mass is 10.0. The van der Waals surface area contributed by atoms with E-state index in [0.29, 0.717) is 5.75 Å². The number of fused-ring (bicyclic) bond motifs is 3. The van der Waals surface area contributed by atoms with Gasteiger partial charge in [0.15, 0.2) is 0 Å². The molecule has 35 heavy (non-hydrogen) atoms. The molecule has 1 N–H and O–H groups in total. The van der Waals surface area contributed by atoms with Crippen LogP contribution in [0.15, 0.2) is 91.1 Å². The lowest BCUT2D eigenvalue weighted by molar-refractivity contribution is -0.137. The van der Waals surface area contributed by atoms with Crippen molar-refractivity contribution in [2.45, 2.75) is 18.8 Å². The summed E-state index contributed by atoms with van der Waals surface area (Å²) < 4.78 is 47.0. The zero-order valence-electron chi connectivity index (χ0n) is 18.8. The number of methoxy groups -OCH3 is 1. The van der Waals surface area contributed by atoms with E-state index >= 15 is 0 Å². The molecule has 3 aromatic carbocycles. The summed E-state index contributed by atoms with van der Waals surface area (Å²) >= 11 is 0. The maximum Gasteiger partial charge on any atom is 0.416 e. The molecule has 0 bridgehead atoms. The highest BCUT2D eigenvalue weighted by Gasteiger charge is 2.34. The van der Waals surface area contributed by atoms with Crippen molar-refractivity contribution in [1.29, 1.82) is 0 Å². The van der Waals surface area contributed by atoms with E-state index in [2.05, 4.69) is 5.32 Å². The summed E-state index contributed by atoms with van der Waals surface area (Å²) in [5, 5.41) is 2.68. The molecule has 0 saturated heterocycles. The topological polar surface area (TPSA) is 46.5 Å². The minimum absolute atomic E-state index is 0.0752. The highest BCUT2D eigenvalue weighted by atomic mass is 19.4. The molecule has 1 aliphatic rings. The van der Waals surface area contributed by atoms with Gasteiger partial charge in [-0.15, -0.1) is 0 Å². The number of para-hydroxylation sites is 1. The maximum absolute atomic E-state index is 13.6. The van der Waals surface area contributed by atoms with Crippen LogP contribution in [0.2, 0.25) is 0 Å². The Bertz CT molecular complexity index is 1360. The number of urea groups is 1. The van der Waals surface area contributed by atoms with Crippen LogP contribution in [0.4, 0.5) is 23.7 Å². The van der Waals surface area contributed by atoms with Gasteiger partial charge in [0.25, 0.3) is 0 Å². The molecule has 4 aromatic rings. The second kappa shape index (κ2) is 8.87. The summed E-state index contributed by atoms with van der Waals surface area (Å²) in [4.78, 5) is 15.3. The van der Waals surface area contributed by atoms with Gasteiger partial charge in [0, 0.05) is 17.6 Å². The number of halogens is 3. The van der Waals surface area contributed by atoms with Crippen LogP contribution in [-0.4, -0.2) is 22.6 Å². The third-order valence-electron chi connectivity index (χ3n) is 6.10. The lowest BCUT2D eigenvalue weighted by Gasteiger charge is -2.31. The van der Waals surface area contributed by atoms with E-state index in [-0.39, 0.29) is 12.2 Å². The second-order valence-electron chi connectivity index (χ2n) is 8.24. The summed E-state index contributed by atoms with van der Waals surface area (Å²) in [6.45, 7) is 0.263. The fourth-order valence-corrected chi connectivity index (χ4v) is 4.44. The molecule has 8 heteroatoms. The molecule has 1 atom stereocenters. The number of benzene rings is 3. The minimum atomic E-state index is -4.51. The van der Waals surface area contributed by atoms with E-state index in [1.54, 1.807) is 12.0 Å². The van der Waals surface area contributed by atoms with E-state index < -0.39 is 23.8 Å². The Morgan fingerprint density at radius 3 is 2.49 bits per heavy atom. The third-order valence-corrected chi connectivity index (χ3v) is 6.10. The summed E-state index contributed by atoms with van der Waals surface area (Å²) in [5.74, 6) is 0.681. The fourth-order valence-electron chi connectivity index (χ4n) is 4.44. The number of nitrogens with one attached hydrogen (secondary N) is 1. The smallest absolute Gasteiger partial charge is 0.416 e. The molecule has 5 rings (SSSR count). The van der Waals surface area contributed by atoms with Crippen molar-refractivity contribution in [3.63, 3.8) is 0 Å². The minimum Gasteiger partial charge on any atom is -0.497 e. The monoisotopic (exact) mass is 477 g/mol. The van der Waals surface area contributed by atoms with Crippen LogP contribution in [0.5, 0.6) is 5.75 Å². The van der Waals surface area contributed by atoms with Crippen molar-refractivity contribution in [1.82, 2.24) is 9.47 Å². The Hall–Kier alpha value is -4.20. The number of ether oxygens (including phenoxy) is 1. The van der Waals surface area contributed by atoms with Crippen LogP contribution in [-0.2, 0) is 12.7 Å². The van der Waals surface area contributed by atoms with Crippen LogP contribution in [0.1, 0.15) is 28.4 Å². The molecule has 0 spiro atoms. The first kappa shape index (κ1) is 22.6.